The number of nitrogens with one attached hydrogen (secondary N) is 2. The molecule has 7 heteroatoms. The number of anilines is 5. The number of methoxy groups -OCH3 is 1. The van der Waals surface area contributed by atoms with Crippen LogP contribution in [0.2, 0.25) is 5.02 Å². The molecule has 4 N–H and O–H groups in total. The van der Waals surface area contributed by atoms with E-state index in [1.807, 2.05) is 31.2 Å². The van der Waals surface area contributed by atoms with Crippen LogP contribution < -0.4 is 21.1 Å². The van der Waals surface area contributed by atoms with E-state index >= 15 is 0 Å². The second-order valence-corrected chi connectivity index (χ2v) is 5.89. The molecule has 3 aromatic rings. The number of hydrogen-bond donors (Lipinski definition) is 3. The van der Waals surface area contributed by atoms with Crippen molar-refractivity contribution in [1.29, 1.82) is 0 Å². The minimum atomic E-state index is 0.394. The number of hydrogen-bond acceptors (Lipinski definition) is 6. The second-order valence-electron chi connectivity index (χ2n) is 5.45. The number of ether oxygens (including phenoxy) is 1. The Labute approximate surface area is 151 Å². The molecule has 0 saturated carbocycles. The van der Waals surface area contributed by atoms with Gasteiger partial charge in [-0.15, -0.1) is 0 Å². The standard InChI is InChI=1S/C18H18ClN5O/c1-11-4-3-5-13(8-11)23-17-16(20)18(22-10-21-17)24-14-9-12(19)6-7-15(14)25-2/h3-10H,20H2,1-2H3,(H2,21,22,23,24). The van der Waals surface area contributed by atoms with Gasteiger partial charge in [0.15, 0.2) is 11.6 Å². The van der Waals surface area contributed by atoms with Crippen LogP contribution in [0, 0.1) is 6.92 Å². The van der Waals surface area contributed by atoms with E-state index in [-0.39, 0.29) is 0 Å². The predicted molar refractivity (Wildman–Crippen MR) is 102 cm³/mol. The Morgan fingerprint density at radius 1 is 1.04 bits per heavy atom. The van der Waals surface area contributed by atoms with Crippen molar-refractivity contribution in [2.45, 2.75) is 6.92 Å². The number of rotatable bonds is 5. The van der Waals surface area contributed by atoms with Gasteiger partial charge < -0.3 is 21.1 Å². The van der Waals surface area contributed by atoms with Crippen molar-refractivity contribution in [1.82, 2.24) is 9.97 Å². The summed E-state index contributed by atoms with van der Waals surface area (Å²) in [7, 11) is 1.59. The van der Waals surface area contributed by atoms with E-state index in [1.54, 1.807) is 25.3 Å². The minimum absolute atomic E-state index is 0.394. The Morgan fingerprint density at radius 2 is 1.80 bits per heavy atom. The Bertz CT molecular complexity index is 900. The lowest BCUT2D eigenvalue weighted by Crippen LogP contribution is -2.06. The van der Waals surface area contributed by atoms with E-state index in [0.717, 1.165) is 11.3 Å². The Kier molecular flexibility index (Phi) is 4.90. The van der Waals surface area contributed by atoms with E-state index in [9.17, 15) is 0 Å². The van der Waals surface area contributed by atoms with E-state index in [2.05, 4.69) is 20.6 Å². The normalized spacial score (nSPS) is 10.4. The molecule has 1 heterocycles. The van der Waals surface area contributed by atoms with Gasteiger partial charge in [0.25, 0.3) is 0 Å². The van der Waals surface area contributed by atoms with Crippen molar-refractivity contribution in [3.05, 3.63) is 59.4 Å². The number of nitrogens with two attached hydrogens (primary N) is 1. The van der Waals surface area contributed by atoms with Gasteiger partial charge in [-0.25, -0.2) is 9.97 Å². The molecule has 1 aromatic heterocycles. The van der Waals surface area contributed by atoms with Crippen molar-refractivity contribution >= 4 is 40.3 Å². The van der Waals surface area contributed by atoms with E-state index in [1.165, 1.54) is 6.33 Å². The number of benzene rings is 2. The van der Waals surface area contributed by atoms with Gasteiger partial charge in [-0.05, 0) is 42.8 Å². The predicted octanol–water partition coefficient (Wildman–Crippen LogP) is 4.52. The molecule has 0 aliphatic rings. The first kappa shape index (κ1) is 16.9. The number of aromatic nitrogens is 2. The number of nitrogens with zero attached hydrogens (tertiary/aromatic N) is 2. The molecule has 0 fully saturated rings. The van der Waals surface area contributed by atoms with Gasteiger partial charge in [-0.1, -0.05) is 23.7 Å². The van der Waals surface area contributed by atoms with Crippen molar-refractivity contribution in [2.24, 2.45) is 0 Å². The van der Waals surface area contributed by atoms with Crippen LogP contribution in [0.15, 0.2) is 48.8 Å². The molecule has 25 heavy (non-hydrogen) atoms. The molecule has 0 aliphatic heterocycles. The van der Waals surface area contributed by atoms with Crippen molar-refractivity contribution < 1.29 is 4.74 Å². The largest absolute Gasteiger partial charge is 0.495 e. The van der Waals surface area contributed by atoms with Gasteiger partial charge >= 0.3 is 0 Å². The average Bonchev–Trinajstić information content (AvgIpc) is 2.59. The Balaban J connectivity index is 1.90. The van der Waals surface area contributed by atoms with Crippen LogP contribution in [-0.4, -0.2) is 17.1 Å². The zero-order valence-corrected chi connectivity index (χ0v) is 14.6. The van der Waals surface area contributed by atoms with Crippen LogP contribution in [0.1, 0.15) is 5.56 Å². The van der Waals surface area contributed by atoms with Crippen molar-refractivity contribution in [2.75, 3.05) is 23.5 Å². The third-order valence-corrected chi connectivity index (χ3v) is 3.81. The molecular formula is C18H18ClN5O. The molecular weight excluding hydrogens is 338 g/mol. The van der Waals surface area contributed by atoms with Crippen LogP contribution >= 0.6 is 11.6 Å². The Morgan fingerprint density at radius 3 is 2.52 bits per heavy atom. The lowest BCUT2D eigenvalue weighted by atomic mass is 10.2. The maximum absolute atomic E-state index is 6.22. The molecule has 0 radical (unpaired) electrons. The lowest BCUT2D eigenvalue weighted by Gasteiger charge is -2.14. The van der Waals surface area contributed by atoms with Crippen LogP contribution in [-0.2, 0) is 0 Å². The van der Waals surface area contributed by atoms with Gasteiger partial charge in [0.05, 0.1) is 12.8 Å². The highest BCUT2D eigenvalue weighted by Gasteiger charge is 2.11. The summed E-state index contributed by atoms with van der Waals surface area (Å²) in [5, 5.41) is 6.93. The van der Waals surface area contributed by atoms with Gasteiger partial charge in [-0.2, -0.15) is 0 Å². The summed E-state index contributed by atoms with van der Waals surface area (Å²) in [6.07, 6.45) is 1.44. The summed E-state index contributed by atoms with van der Waals surface area (Å²) in [6.45, 7) is 2.02. The van der Waals surface area contributed by atoms with Gasteiger partial charge in [0.2, 0.25) is 0 Å². The summed E-state index contributed by atoms with van der Waals surface area (Å²) < 4.78 is 5.33. The third kappa shape index (κ3) is 3.92. The molecule has 0 spiro atoms. The zero-order valence-electron chi connectivity index (χ0n) is 13.9. The van der Waals surface area contributed by atoms with Crippen LogP contribution in [0.25, 0.3) is 0 Å². The van der Waals surface area contributed by atoms with Gasteiger partial charge in [0, 0.05) is 10.7 Å². The summed E-state index contributed by atoms with van der Waals surface area (Å²) in [4.78, 5) is 8.43. The minimum Gasteiger partial charge on any atom is -0.495 e. The van der Waals surface area contributed by atoms with Crippen molar-refractivity contribution in [3.63, 3.8) is 0 Å². The first-order chi connectivity index (χ1) is 12.1. The maximum Gasteiger partial charge on any atom is 0.159 e. The second kappa shape index (κ2) is 7.27. The summed E-state index contributed by atoms with van der Waals surface area (Å²) in [6, 6.07) is 13.2. The molecule has 0 saturated heterocycles. The molecule has 0 unspecified atom stereocenters. The molecule has 0 bridgehead atoms. The molecule has 0 aliphatic carbocycles. The summed E-state index contributed by atoms with van der Waals surface area (Å²) >= 11 is 6.06. The molecule has 0 atom stereocenters. The zero-order chi connectivity index (χ0) is 17.8. The molecule has 0 amide bonds. The number of aryl methyl sites for hydroxylation is 1. The monoisotopic (exact) mass is 355 g/mol. The fourth-order valence-corrected chi connectivity index (χ4v) is 2.53. The summed E-state index contributed by atoms with van der Waals surface area (Å²) in [5.74, 6) is 1.62. The topological polar surface area (TPSA) is 85.1 Å². The van der Waals surface area contributed by atoms with E-state index in [0.29, 0.717) is 33.8 Å². The highest BCUT2D eigenvalue weighted by molar-refractivity contribution is 6.31. The highest BCUT2D eigenvalue weighted by Crippen LogP contribution is 2.33. The average molecular weight is 356 g/mol. The first-order valence-electron chi connectivity index (χ1n) is 7.61. The fraction of sp³-hybridized carbons (Fsp3) is 0.111. The van der Waals surface area contributed by atoms with Crippen LogP contribution in [0.5, 0.6) is 5.75 Å². The van der Waals surface area contributed by atoms with Gasteiger partial charge in [0.1, 0.15) is 17.8 Å². The highest BCUT2D eigenvalue weighted by atomic mass is 35.5. The SMILES string of the molecule is COc1ccc(Cl)cc1Nc1ncnc(Nc2cccc(C)c2)c1N. The molecule has 2 aromatic carbocycles. The molecule has 128 valence electrons. The smallest absolute Gasteiger partial charge is 0.159 e. The van der Waals surface area contributed by atoms with Crippen LogP contribution in [0.3, 0.4) is 0 Å². The van der Waals surface area contributed by atoms with Crippen molar-refractivity contribution in [3.8, 4) is 5.75 Å². The lowest BCUT2D eigenvalue weighted by molar-refractivity contribution is 0.417. The molecule has 3 rings (SSSR count). The number of nitrogen functional groups attached to an aromatic ring is 1. The fourth-order valence-electron chi connectivity index (χ4n) is 2.36. The first-order valence-corrected chi connectivity index (χ1v) is 7.99. The van der Waals surface area contributed by atoms with Gasteiger partial charge in [-0.3, -0.25) is 0 Å². The quantitative estimate of drug-likeness (QED) is 0.624. The maximum atomic E-state index is 6.22. The van der Waals surface area contributed by atoms with Crippen LogP contribution in [0.4, 0.5) is 28.7 Å². The third-order valence-electron chi connectivity index (χ3n) is 3.58. The van der Waals surface area contributed by atoms with E-state index < -0.39 is 0 Å². The Hall–Kier alpha value is -2.99. The number of halogens is 1. The summed E-state index contributed by atoms with van der Waals surface area (Å²) in [5.41, 5.74) is 9.32. The van der Waals surface area contributed by atoms with E-state index in [4.69, 9.17) is 22.1 Å². The molecule has 6 nitrogen and oxygen atoms in total.